The maximum absolute atomic E-state index is 13.2. The Bertz CT molecular complexity index is 1150. The van der Waals surface area contributed by atoms with Crippen LogP contribution in [0.2, 0.25) is 0 Å². The highest BCUT2D eigenvalue weighted by atomic mass is 32.2. The Morgan fingerprint density at radius 3 is 2.85 bits per heavy atom. The van der Waals surface area contributed by atoms with E-state index in [9.17, 15) is 14.0 Å². The number of thioether (sulfide) groups is 1. The Hall–Kier alpha value is -3.37. The van der Waals surface area contributed by atoms with Crippen molar-refractivity contribution >= 4 is 40.0 Å². The van der Waals surface area contributed by atoms with E-state index in [1.165, 1.54) is 18.2 Å². The summed E-state index contributed by atoms with van der Waals surface area (Å²) in [6.07, 6.45) is 4.66. The second-order valence-corrected chi connectivity index (χ2v) is 6.38. The molecule has 26 heavy (non-hydrogen) atoms. The van der Waals surface area contributed by atoms with E-state index in [2.05, 4.69) is 22.1 Å². The fourth-order valence-corrected chi connectivity index (χ4v) is 3.06. The molecule has 1 aromatic carbocycles. The number of pyridine rings is 1. The number of imide groups is 1. The minimum absolute atomic E-state index is 0.259. The average molecular weight is 364 g/mol. The summed E-state index contributed by atoms with van der Waals surface area (Å²) in [7, 11) is 0. The zero-order valence-electron chi connectivity index (χ0n) is 13.1. The molecule has 0 atom stereocenters. The van der Waals surface area contributed by atoms with Gasteiger partial charge in [-0.1, -0.05) is 17.9 Å². The molecule has 1 aliphatic heterocycles. The van der Waals surface area contributed by atoms with Gasteiger partial charge in [0.15, 0.2) is 5.58 Å². The van der Waals surface area contributed by atoms with E-state index in [1.54, 1.807) is 30.6 Å². The first-order valence-electron chi connectivity index (χ1n) is 7.48. The van der Waals surface area contributed by atoms with Crippen molar-refractivity contribution in [3.8, 4) is 11.8 Å². The van der Waals surface area contributed by atoms with Crippen molar-refractivity contribution in [1.29, 1.82) is 0 Å². The van der Waals surface area contributed by atoms with Gasteiger partial charge >= 0.3 is 0 Å². The van der Waals surface area contributed by atoms with E-state index in [0.717, 1.165) is 11.8 Å². The van der Waals surface area contributed by atoms with Crippen LogP contribution in [0.4, 0.5) is 9.18 Å². The van der Waals surface area contributed by atoms with Crippen LogP contribution >= 0.6 is 11.8 Å². The molecule has 0 radical (unpaired) electrons. The van der Waals surface area contributed by atoms with Crippen molar-refractivity contribution in [3.63, 3.8) is 0 Å². The highest BCUT2D eigenvalue weighted by molar-refractivity contribution is 8.18. The summed E-state index contributed by atoms with van der Waals surface area (Å²) in [5.41, 5.74) is 1.58. The van der Waals surface area contributed by atoms with Gasteiger partial charge in [-0.2, -0.15) is 0 Å². The molecule has 0 aliphatic carbocycles. The van der Waals surface area contributed by atoms with Gasteiger partial charge in [0.1, 0.15) is 11.6 Å². The molecule has 0 spiro atoms. The lowest BCUT2D eigenvalue weighted by atomic mass is 10.2. The first kappa shape index (κ1) is 16.1. The summed E-state index contributed by atoms with van der Waals surface area (Å²) in [5, 5.41) is 2.48. The number of rotatable bonds is 1. The van der Waals surface area contributed by atoms with E-state index in [-0.39, 0.29) is 10.7 Å². The molecule has 0 bridgehead atoms. The van der Waals surface area contributed by atoms with Gasteiger partial charge < -0.3 is 4.42 Å². The number of hydrogen-bond acceptors (Lipinski definition) is 5. The van der Waals surface area contributed by atoms with Gasteiger partial charge in [0.2, 0.25) is 0 Å². The third kappa shape index (κ3) is 3.23. The third-order valence-corrected chi connectivity index (χ3v) is 4.33. The summed E-state index contributed by atoms with van der Waals surface area (Å²) in [6.45, 7) is 0. The average Bonchev–Trinajstić information content (AvgIpc) is 3.15. The van der Waals surface area contributed by atoms with Crippen LogP contribution in [0.25, 0.3) is 17.0 Å². The Balaban J connectivity index is 1.72. The summed E-state index contributed by atoms with van der Waals surface area (Å²) >= 11 is 0.814. The van der Waals surface area contributed by atoms with E-state index in [1.807, 2.05) is 0 Å². The summed E-state index contributed by atoms with van der Waals surface area (Å²) < 4.78 is 19.0. The van der Waals surface area contributed by atoms with Crippen LogP contribution in [0.5, 0.6) is 0 Å². The highest BCUT2D eigenvalue weighted by Crippen LogP contribution is 2.28. The maximum atomic E-state index is 13.2. The largest absolute Gasteiger partial charge is 0.455 e. The number of aromatic nitrogens is 1. The predicted molar refractivity (Wildman–Crippen MR) is 95.5 cm³/mol. The molecule has 4 rings (SSSR count). The molecule has 3 heterocycles. The van der Waals surface area contributed by atoms with E-state index in [4.69, 9.17) is 4.42 Å². The van der Waals surface area contributed by atoms with Crippen LogP contribution in [-0.4, -0.2) is 16.1 Å². The van der Waals surface area contributed by atoms with Crippen molar-refractivity contribution in [3.05, 3.63) is 70.3 Å². The number of nitrogens with zero attached hydrogens (tertiary/aromatic N) is 1. The Labute approximate surface area is 151 Å². The third-order valence-electron chi connectivity index (χ3n) is 3.52. The molecular weight excluding hydrogens is 355 g/mol. The molecule has 1 fully saturated rings. The van der Waals surface area contributed by atoms with Gasteiger partial charge in [-0.25, -0.2) is 4.39 Å². The molecule has 2 aromatic heterocycles. The number of furan rings is 1. The molecule has 1 aliphatic rings. The van der Waals surface area contributed by atoms with Crippen molar-refractivity contribution in [2.75, 3.05) is 0 Å². The minimum Gasteiger partial charge on any atom is -0.455 e. The van der Waals surface area contributed by atoms with Gasteiger partial charge in [-0.3, -0.25) is 19.9 Å². The number of halogens is 1. The number of carbonyl (C=O) groups excluding carboxylic acids is 2. The van der Waals surface area contributed by atoms with Gasteiger partial charge in [0.05, 0.1) is 10.5 Å². The van der Waals surface area contributed by atoms with Crippen molar-refractivity contribution in [1.82, 2.24) is 10.3 Å². The smallest absolute Gasteiger partial charge is 0.290 e. The predicted octanol–water partition coefficient (Wildman–Crippen LogP) is 3.69. The van der Waals surface area contributed by atoms with Crippen molar-refractivity contribution < 1.29 is 18.4 Å². The first-order chi connectivity index (χ1) is 12.6. The second kappa shape index (κ2) is 6.50. The van der Waals surface area contributed by atoms with Crippen molar-refractivity contribution in [2.24, 2.45) is 0 Å². The Morgan fingerprint density at radius 2 is 2.08 bits per heavy atom. The zero-order chi connectivity index (χ0) is 18.1. The van der Waals surface area contributed by atoms with E-state index in [0.29, 0.717) is 27.9 Å². The van der Waals surface area contributed by atoms with Gasteiger partial charge in [0, 0.05) is 29.4 Å². The summed E-state index contributed by atoms with van der Waals surface area (Å²) in [5.74, 6) is 5.39. The molecule has 1 N–H and O–H groups in total. The number of fused-ring (bicyclic) bond motifs is 1. The molecular formula is C19H9FN2O3S. The molecule has 0 unspecified atom stereocenters. The quantitative estimate of drug-likeness (QED) is 0.527. The molecule has 3 aromatic rings. The van der Waals surface area contributed by atoms with Crippen molar-refractivity contribution in [2.45, 2.75) is 0 Å². The van der Waals surface area contributed by atoms with Crippen LogP contribution in [0.3, 0.4) is 0 Å². The molecule has 0 saturated carbocycles. The zero-order valence-corrected chi connectivity index (χ0v) is 13.9. The van der Waals surface area contributed by atoms with Gasteiger partial charge in [-0.05, 0) is 36.0 Å². The van der Waals surface area contributed by atoms with Crippen LogP contribution in [0.15, 0.2) is 52.0 Å². The molecule has 126 valence electrons. The highest BCUT2D eigenvalue weighted by Gasteiger charge is 2.25. The lowest BCUT2D eigenvalue weighted by Crippen LogP contribution is -2.17. The van der Waals surface area contributed by atoms with E-state index < -0.39 is 11.1 Å². The van der Waals surface area contributed by atoms with Crippen LogP contribution in [0, 0.1) is 17.7 Å². The van der Waals surface area contributed by atoms with Gasteiger partial charge in [-0.15, -0.1) is 0 Å². The Morgan fingerprint density at radius 1 is 1.19 bits per heavy atom. The minimum atomic E-state index is -0.454. The van der Waals surface area contributed by atoms with Crippen LogP contribution in [-0.2, 0) is 4.79 Å². The lowest BCUT2D eigenvalue weighted by Gasteiger charge is -1.93. The summed E-state index contributed by atoms with van der Waals surface area (Å²) in [6, 6.07) is 7.68. The molecule has 2 amide bonds. The standard InChI is InChI=1S/C19H9FN2O3S/c20-14-3-1-2-11(6-14)4-5-12-9-21-10-13-7-15(25-17(12)13)8-16-18(23)22-19(24)26-16/h1-3,6-10H,(H,22,23,24)/b16-8-. The van der Waals surface area contributed by atoms with Gasteiger partial charge in [0.25, 0.3) is 11.1 Å². The lowest BCUT2D eigenvalue weighted by molar-refractivity contribution is -0.115. The Kier molecular flexibility index (Phi) is 4.03. The SMILES string of the molecule is O=C1NC(=O)/C(=C/c2cc3cncc(C#Cc4cccc(F)c4)c3o2)S1. The van der Waals surface area contributed by atoms with E-state index >= 15 is 0 Å². The number of carbonyl (C=O) groups is 2. The molecule has 5 nitrogen and oxygen atoms in total. The fourth-order valence-electron chi connectivity index (χ4n) is 2.40. The van der Waals surface area contributed by atoms with Crippen LogP contribution < -0.4 is 5.32 Å². The fraction of sp³-hybridized carbons (Fsp3) is 0. The summed E-state index contributed by atoms with van der Waals surface area (Å²) in [4.78, 5) is 27.2. The second-order valence-electron chi connectivity index (χ2n) is 5.37. The first-order valence-corrected chi connectivity index (χ1v) is 8.30. The number of benzene rings is 1. The molecule has 1 saturated heterocycles. The number of nitrogens with one attached hydrogen (secondary N) is 1. The monoisotopic (exact) mass is 364 g/mol. The maximum Gasteiger partial charge on any atom is 0.290 e. The number of amides is 2. The topological polar surface area (TPSA) is 72.2 Å². The number of hydrogen-bond donors (Lipinski definition) is 1. The van der Waals surface area contributed by atoms with Crippen LogP contribution in [0.1, 0.15) is 16.9 Å². The molecule has 7 heteroatoms. The normalized spacial score (nSPS) is 15.2.